The van der Waals surface area contributed by atoms with Crippen molar-refractivity contribution in [2.75, 3.05) is 10.6 Å². The molecular formula is C27H25BrN2O. The van der Waals surface area contributed by atoms with Crippen molar-refractivity contribution in [1.82, 2.24) is 0 Å². The topological polar surface area (TPSA) is 41.1 Å². The van der Waals surface area contributed by atoms with E-state index in [9.17, 15) is 4.79 Å². The highest BCUT2D eigenvalue weighted by Crippen LogP contribution is 2.44. The van der Waals surface area contributed by atoms with Crippen LogP contribution in [0.15, 0.2) is 88.5 Å². The Morgan fingerprint density at radius 2 is 1.55 bits per heavy atom. The van der Waals surface area contributed by atoms with E-state index in [2.05, 4.69) is 82.0 Å². The molecule has 2 aliphatic rings. The van der Waals surface area contributed by atoms with Crippen LogP contribution in [0.1, 0.15) is 48.4 Å². The van der Waals surface area contributed by atoms with Gasteiger partial charge in [0.2, 0.25) is 0 Å². The average Bonchev–Trinajstić information content (AvgIpc) is 2.96. The minimum absolute atomic E-state index is 0.171. The van der Waals surface area contributed by atoms with Gasteiger partial charge in [-0.1, -0.05) is 71.4 Å². The Labute approximate surface area is 191 Å². The first-order valence-corrected chi connectivity index (χ1v) is 11.6. The number of ketones is 1. The average molecular weight is 473 g/mol. The monoisotopic (exact) mass is 472 g/mol. The van der Waals surface area contributed by atoms with E-state index < -0.39 is 0 Å². The molecule has 2 unspecified atom stereocenters. The van der Waals surface area contributed by atoms with Crippen LogP contribution in [0.4, 0.5) is 11.4 Å². The van der Waals surface area contributed by atoms with Gasteiger partial charge in [0.1, 0.15) is 0 Å². The second-order valence-corrected chi connectivity index (χ2v) is 9.23. The molecule has 156 valence electrons. The van der Waals surface area contributed by atoms with Crippen molar-refractivity contribution in [1.29, 1.82) is 0 Å². The van der Waals surface area contributed by atoms with E-state index >= 15 is 0 Å². The van der Waals surface area contributed by atoms with Crippen molar-refractivity contribution in [3.05, 3.63) is 105 Å². The number of halogens is 1. The molecule has 0 saturated heterocycles. The number of benzene rings is 3. The number of allylic oxidation sites excluding steroid dienone is 1. The maximum atomic E-state index is 13.5. The Bertz CT molecular complexity index is 1150. The number of hydrogen-bond acceptors (Lipinski definition) is 3. The van der Waals surface area contributed by atoms with Crippen molar-refractivity contribution >= 4 is 33.1 Å². The van der Waals surface area contributed by atoms with Gasteiger partial charge in [0.05, 0.1) is 17.4 Å². The lowest BCUT2D eigenvalue weighted by Crippen LogP contribution is -2.26. The van der Waals surface area contributed by atoms with Crippen LogP contribution in [-0.4, -0.2) is 5.78 Å². The molecule has 0 aromatic heterocycles. The summed E-state index contributed by atoms with van der Waals surface area (Å²) in [5.74, 6) is 0.409. The number of carbonyl (C=O) groups excluding carboxylic acids is 1. The number of Topliss-reactive ketones (excluding diaryl/α,β-unsaturated/α-hetero) is 1. The second kappa shape index (κ2) is 8.35. The molecule has 31 heavy (non-hydrogen) atoms. The van der Waals surface area contributed by atoms with Crippen LogP contribution in [-0.2, 0) is 11.2 Å². The van der Waals surface area contributed by atoms with Gasteiger partial charge in [-0.15, -0.1) is 0 Å². The molecule has 0 radical (unpaired) electrons. The number of nitrogens with one attached hydrogen (secondary N) is 2. The molecule has 0 fully saturated rings. The largest absolute Gasteiger partial charge is 0.372 e. The summed E-state index contributed by atoms with van der Waals surface area (Å²) in [6.07, 6.45) is 2.39. The van der Waals surface area contributed by atoms with E-state index in [1.165, 1.54) is 11.1 Å². The number of para-hydroxylation sites is 2. The summed E-state index contributed by atoms with van der Waals surface area (Å²) in [5, 5.41) is 7.25. The number of aryl methyl sites for hydroxylation is 1. The van der Waals surface area contributed by atoms with E-state index in [0.29, 0.717) is 6.42 Å². The summed E-state index contributed by atoms with van der Waals surface area (Å²) >= 11 is 3.52. The van der Waals surface area contributed by atoms with Gasteiger partial charge in [-0.2, -0.15) is 0 Å². The fraction of sp³-hybridized carbons (Fsp3) is 0.222. The molecule has 5 rings (SSSR count). The van der Waals surface area contributed by atoms with Crippen LogP contribution < -0.4 is 10.6 Å². The van der Waals surface area contributed by atoms with E-state index in [0.717, 1.165) is 45.5 Å². The summed E-state index contributed by atoms with van der Waals surface area (Å²) in [4.78, 5) is 13.5. The van der Waals surface area contributed by atoms with Crippen LogP contribution >= 0.6 is 15.9 Å². The minimum Gasteiger partial charge on any atom is -0.372 e. The summed E-state index contributed by atoms with van der Waals surface area (Å²) in [6.45, 7) is 2.17. The van der Waals surface area contributed by atoms with E-state index in [4.69, 9.17) is 0 Å². The summed E-state index contributed by atoms with van der Waals surface area (Å²) in [6, 6.07) is 25.0. The molecule has 0 amide bonds. The van der Waals surface area contributed by atoms with Crippen molar-refractivity contribution < 1.29 is 4.79 Å². The second-order valence-electron chi connectivity index (χ2n) is 8.32. The van der Waals surface area contributed by atoms with Gasteiger partial charge >= 0.3 is 0 Å². The zero-order valence-electron chi connectivity index (χ0n) is 17.5. The third kappa shape index (κ3) is 3.92. The SMILES string of the molecule is CCc1ccc(C2CC(=O)C3=C(C2)Nc2ccccc2NC3c2ccc(Br)cc2)cc1. The van der Waals surface area contributed by atoms with E-state index in [1.807, 2.05) is 24.3 Å². The Morgan fingerprint density at radius 3 is 2.26 bits per heavy atom. The predicted molar refractivity (Wildman–Crippen MR) is 130 cm³/mol. The molecule has 0 spiro atoms. The van der Waals surface area contributed by atoms with Crippen LogP contribution in [0.5, 0.6) is 0 Å². The molecule has 1 aliphatic carbocycles. The highest BCUT2D eigenvalue weighted by molar-refractivity contribution is 9.10. The number of rotatable bonds is 3. The highest BCUT2D eigenvalue weighted by Gasteiger charge is 2.35. The van der Waals surface area contributed by atoms with E-state index in [-0.39, 0.29) is 17.7 Å². The zero-order chi connectivity index (χ0) is 21.4. The van der Waals surface area contributed by atoms with Crippen LogP contribution in [0, 0.1) is 0 Å². The molecule has 1 aliphatic heterocycles. The van der Waals surface area contributed by atoms with Crippen molar-refractivity contribution in [3.63, 3.8) is 0 Å². The Kier molecular flexibility index (Phi) is 5.41. The molecule has 0 saturated carbocycles. The fourth-order valence-electron chi connectivity index (χ4n) is 4.66. The van der Waals surface area contributed by atoms with E-state index in [1.54, 1.807) is 0 Å². The maximum absolute atomic E-state index is 13.5. The van der Waals surface area contributed by atoms with Gasteiger partial charge in [-0.3, -0.25) is 4.79 Å². The quantitative estimate of drug-likeness (QED) is 0.431. The summed E-state index contributed by atoms with van der Waals surface area (Å²) < 4.78 is 1.03. The minimum atomic E-state index is -0.171. The molecule has 2 atom stereocenters. The first kappa shape index (κ1) is 20.1. The van der Waals surface area contributed by atoms with Gasteiger partial charge in [-0.05, 0) is 59.7 Å². The van der Waals surface area contributed by atoms with Crippen molar-refractivity contribution in [2.24, 2.45) is 0 Å². The van der Waals surface area contributed by atoms with Crippen LogP contribution in [0.2, 0.25) is 0 Å². The van der Waals surface area contributed by atoms with Gasteiger partial charge in [-0.25, -0.2) is 0 Å². The molecule has 3 aromatic carbocycles. The van der Waals surface area contributed by atoms with Crippen LogP contribution in [0.25, 0.3) is 0 Å². The Morgan fingerprint density at radius 1 is 0.871 bits per heavy atom. The predicted octanol–water partition coefficient (Wildman–Crippen LogP) is 6.99. The fourth-order valence-corrected chi connectivity index (χ4v) is 4.92. The smallest absolute Gasteiger partial charge is 0.163 e. The molecule has 2 N–H and O–H groups in total. The van der Waals surface area contributed by atoms with Gasteiger partial charge in [0.15, 0.2) is 5.78 Å². The lowest BCUT2D eigenvalue weighted by molar-refractivity contribution is -0.116. The van der Waals surface area contributed by atoms with Gasteiger partial charge < -0.3 is 10.6 Å². The number of fused-ring (bicyclic) bond motifs is 1. The summed E-state index contributed by atoms with van der Waals surface area (Å²) in [5.41, 5.74) is 7.58. The van der Waals surface area contributed by atoms with Crippen molar-refractivity contribution in [2.45, 2.75) is 38.1 Å². The molecular weight excluding hydrogens is 448 g/mol. The highest BCUT2D eigenvalue weighted by atomic mass is 79.9. The standard InChI is InChI=1S/C27H25BrN2O/c1-2-17-7-9-18(10-8-17)20-15-24-26(25(31)16-20)27(19-11-13-21(28)14-12-19)30-23-6-4-3-5-22(23)29-24/h3-14,20,27,29-30H,2,15-16H2,1H3. The first-order chi connectivity index (χ1) is 15.1. The Hall–Kier alpha value is -2.85. The molecule has 0 bridgehead atoms. The molecule has 3 aromatic rings. The van der Waals surface area contributed by atoms with Crippen LogP contribution in [0.3, 0.4) is 0 Å². The lowest BCUT2D eigenvalue weighted by atomic mass is 9.78. The zero-order valence-corrected chi connectivity index (χ0v) is 19.1. The third-order valence-corrected chi connectivity index (χ3v) is 6.90. The Balaban J connectivity index is 1.57. The molecule has 1 heterocycles. The number of anilines is 2. The first-order valence-electron chi connectivity index (χ1n) is 10.9. The molecule has 4 heteroatoms. The maximum Gasteiger partial charge on any atom is 0.163 e. The summed E-state index contributed by atoms with van der Waals surface area (Å²) in [7, 11) is 0. The lowest BCUT2D eigenvalue weighted by Gasteiger charge is -2.30. The molecule has 3 nitrogen and oxygen atoms in total. The van der Waals surface area contributed by atoms with Crippen molar-refractivity contribution in [3.8, 4) is 0 Å². The number of carbonyl (C=O) groups is 1. The number of hydrogen-bond donors (Lipinski definition) is 2. The third-order valence-electron chi connectivity index (χ3n) is 6.37. The van der Waals surface area contributed by atoms with Gasteiger partial charge in [0.25, 0.3) is 0 Å². The van der Waals surface area contributed by atoms with Gasteiger partial charge in [0, 0.05) is 22.2 Å². The normalized spacial score (nSPS) is 20.3.